The van der Waals surface area contributed by atoms with Crippen LogP contribution in [0.3, 0.4) is 0 Å². The van der Waals surface area contributed by atoms with Gasteiger partial charge in [0, 0.05) is 15.3 Å². The van der Waals surface area contributed by atoms with Crippen LogP contribution in [0.4, 0.5) is 0 Å². The number of hydrogen-bond acceptors (Lipinski definition) is 0. The van der Waals surface area contributed by atoms with E-state index in [0.29, 0.717) is 23.7 Å². The number of benzene rings is 4. The normalized spacial score (nSPS) is 21.8. The molecule has 6 rings (SSSR count). The maximum absolute atomic E-state index is 3.89. The van der Waals surface area contributed by atoms with E-state index in [-0.39, 0.29) is 10.8 Å². The van der Waals surface area contributed by atoms with Gasteiger partial charge >= 0.3 is 0 Å². The molecule has 47 heavy (non-hydrogen) atoms. The van der Waals surface area contributed by atoms with E-state index in [1.165, 1.54) is 94.8 Å². The second-order valence-electron chi connectivity index (χ2n) is 15.3. The van der Waals surface area contributed by atoms with Gasteiger partial charge in [-0.25, -0.2) is 0 Å². The maximum Gasteiger partial charge on any atom is 0.0266 e. The first kappa shape index (κ1) is 34.2. The summed E-state index contributed by atoms with van der Waals surface area (Å²) in [6, 6.07) is 31.5. The van der Waals surface area contributed by atoms with Crippen LogP contribution in [0.15, 0.2) is 83.3 Å². The molecule has 0 fully saturated rings. The first-order valence-corrected chi connectivity index (χ1v) is 19.7. The van der Waals surface area contributed by atoms with Gasteiger partial charge in [0.25, 0.3) is 0 Å². The predicted octanol–water partition coefficient (Wildman–Crippen LogP) is 14.4. The highest BCUT2D eigenvalue weighted by atomic mass is 79.9. The zero-order valence-corrected chi connectivity index (χ0v) is 31.9. The zero-order chi connectivity index (χ0) is 33.5. The van der Waals surface area contributed by atoms with E-state index in [2.05, 4.69) is 150 Å². The Morgan fingerprint density at radius 1 is 0.447 bits per heavy atom. The van der Waals surface area contributed by atoms with E-state index in [1.807, 2.05) is 0 Å². The molecule has 0 heterocycles. The molecule has 0 radical (unpaired) electrons. The molecule has 0 saturated carbocycles. The fraction of sp³-hybridized carbons (Fsp3) is 0.478. The van der Waals surface area contributed by atoms with Crippen LogP contribution >= 0.6 is 15.9 Å². The Morgan fingerprint density at radius 3 is 1.26 bits per heavy atom. The average Bonchev–Trinajstić information content (AvgIpc) is 3.52. The highest BCUT2D eigenvalue weighted by molar-refractivity contribution is 9.10. The summed E-state index contributed by atoms with van der Waals surface area (Å²) in [5.74, 6) is 2.23. The maximum atomic E-state index is 3.89. The van der Waals surface area contributed by atoms with E-state index in [9.17, 15) is 0 Å². The lowest BCUT2D eigenvalue weighted by molar-refractivity contribution is 0.222. The zero-order valence-electron chi connectivity index (χ0n) is 30.3. The minimum absolute atomic E-state index is 0.00151. The van der Waals surface area contributed by atoms with Crippen molar-refractivity contribution in [3.05, 3.63) is 106 Å². The quantitative estimate of drug-likeness (QED) is 0.131. The molecular weight excluding hydrogens is 632 g/mol. The molecule has 0 spiro atoms. The summed E-state index contributed by atoms with van der Waals surface area (Å²) in [6.45, 7) is 19.6. The first-order valence-electron chi connectivity index (χ1n) is 18.9. The molecule has 4 aromatic rings. The molecule has 248 valence electrons. The van der Waals surface area contributed by atoms with Crippen molar-refractivity contribution in [1.29, 1.82) is 0 Å². The molecule has 0 aliphatic heterocycles. The van der Waals surface area contributed by atoms with Crippen molar-refractivity contribution in [2.75, 3.05) is 0 Å². The van der Waals surface area contributed by atoms with Crippen LogP contribution in [0.1, 0.15) is 129 Å². The van der Waals surface area contributed by atoms with Gasteiger partial charge in [-0.05, 0) is 129 Å². The first-order chi connectivity index (χ1) is 22.7. The summed E-state index contributed by atoms with van der Waals surface area (Å²) in [6.07, 6.45) is 9.79. The summed E-state index contributed by atoms with van der Waals surface area (Å²) >= 11 is 3.89. The second kappa shape index (κ2) is 13.7. The summed E-state index contributed by atoms with van der Waals surface area (Å²) in [5, 5.41) is 0. The molecule has 0 aromatic heterocycles. The molecule has 0 nitrogen and oxygen atoms in total. The fourth-order valence-corrected chi connectivity index (χ4v) is 11.2. The van der Waals surface area contributed by atoms with Crippen molar-refractivity contribution < 1.29 is 0 Å². The SMILES string of the molecule is CCCC(C)C1(C(C)CCC)c2ccccc2-c2ccc(-c3ccc4c(c3)C(C(C)CCC)(C(C)CCC)c3cc(Br)ccc3-4)cc21. The number of fused-ring (bicyclic) bond motifs is 6. The Kier molecular flexibility index (Phi) is 9.98. The summed E-state index contributed by atoms with van der Waals surface area (Å²) in [7, 11) is 0. The van der Waals surface area contributed by atoms with Crippen molar-refractivity contribution >= 4 is 15.9 Å². The van der Waals surface area contributed by atoms with Gasteiger partial charge in [0.05, 0.1) is 0 Å². The van der Waals surface area contributed by atoms with Crippen molar-refractivity contribution in [3.8, 4) is 33.4 Å². The van der Waals surface area contributed by atoms with Crippen LogP contribution in [0.25, 0.3) is 33.4 Å². The third-order valence-corrected chi connectivity index (χ3v) is 13.1. The summed E-state index contributed by atoms with van der Waals surface area (Å²) in [5.41, 5.74) is 14.8. The number of halogens is 1. The van der Waals surface area contributed by atoms with E-state index in [0.717, 1.165) is 0 Å². The van der Waals surface area contributed by atoms with E-state index >= 15 is 0 Å². The van der Waals surface area contributed by atoms with Crippen molar-refractivity contribution in [2.45, 2.75) is 118 Å². The van der Waals surface area contributed by atoms with Gasteiger partial charge in [-0.3, -0.25) is 0 Å². The fourth-order valence-electron chi connectivity index (χ4n) is 10.8. The Balaban J connectivity index is 1.59. The third kappa shape index (κ3) is 5.21. The van der Waals surface area contributed by atoms with Gasteiger partial charge in [-0.1, -0.05) is 152 Å². The monoisotopic (exact) mass is 688 g/mol. The molecule has 4 unspecified atom stereocenters. The van der Waals surface area contributed by atoms with Crippen LogP contribution < -0.4 is 0 Å². The lowest BCUT2D eigenvalue weighted by Gasteiger charge is -2.44. The highest BCUT2D eigenvalue weighted by Gasteiger charge is 2.51. The number of rotatable bonds is 13. The average molecular weight is 690 g/mol. The van der Waals surface area contributed by atoms with Crippen LogP contribution in [0.2, 0.25) is 0 Å². The van der Waals surface area contributed by atoms with Gasteiger partial charge in [-0.15, -0.1) is 0 Å². The van der Waals surface area contributed by atoms with Crippen LogP contribution in [-0.2, 0) is 10.8 Å². The van der Waals surface area contributed by atoms with E-state index in [4.69, 9.17) is 0 Å². The Hall–Kier alpha value is -2.64. The molecule has 0 bridgehead atoms. The standard InChI is InChI=1S/C46H57Br/c1-9-15-30(5)45(31(6)16-10-2)41-20-14-13-19-37(41)38-24-21-34(27-42(38)45)35-22-25-39-40-26-23-36(47)29-44(40)46(43(39)28-35,32(7)17-11-3)33(8)18-12-4/h13-14,19-33H,9-12,15-18H2,1-8H3. The summed E-state index contributed by atoms with van der Waals surface area (Å²) < 4.78 is 1.19. The molecule has 2 aliphatic carbocycles. The summed E-state index contributed by atoms with van der Waals surface area (Å²) in [4.78, 5) is 0. The molecule has 4 atom stereocenters. The minimum atomic E-state index is -0.00151. The third-order valence-electron chi connectivity index (χ3n) is 12.6. The van der Waals surface area contributed by atoms with Crippen molar-refractivity contribution in [2.24, 2.45) is 23.7 Å². The molecule has 0 N–H and O–H groups in total. The van der Waals surface area contributed by atoms with Crippen LogP contribution in [-0.4, -0.2) is 0 Å². The molecule has 4 aromatic carbocycles. The molecular formula is C46H57Br. The van der Waals surface area contributed by atoms with E-state index in [1.54, 1.807) is 16.7 Å². The molecule has 1 heteroatoms. The van der Waals surface area contributed by atoms with Gasteiger partial charge in [0.1, 0.15) is 0 Å². The number of hydrogen-bond donors (Lipinski definition) is 0. The topological polar surface area (TPSA) is 0 Å². The second-order valence-corrected chi connectivity index (χ2v) is 16.2. The molecule has 2 aliphatic rings. The van der Waals surface area contributed by atoms with Crippen molar-refractivity contribution in [3.63, 3.8) is 0 Å². The van der Waals surface area contributed by atoms with Gasteiger partial charge in [0.15, 0.2) is 0 Å². The van der Waals surface area contributed by atoms with Crippen LogP contribution in [0.5, 0.6) is 0 Å². The minimum Gasteiger partial charge on any atom is -0.0654 e. The van der Waals surface area contributed by atoms with Gasteiger partial charge < -0.3 is 0 Å². The molecule has 0 saturated heterocycles. The van der Waals surface area contributed by atoms with Crippen LogP contribution in [0, 0.1) is 23.7 Å². The predicted molar refractivity (Wildman–Crippen MR) is 208 cm³/mol. The molecule has 0 amide bonds. The highest BCUT2D eigenvalue weighted by Crippen LogP contribution is 2.61. The van der Waals surface area contributed by atoms with Gasteiger partial charge in [0.2, 0.25) is 0 Å². The largest absolute Gasteiger partial charge is 0.0654 e. The Bertz CT molecular complexity index is 1700. The Morgan fingerprint density at radius 2 is 0.809 bits per heavy atom. The van der Waals surface area contributed by atoms with Gasteiger partial charge in [-0.2, -0.15) is 0 Å². The van der Waals surface area contributed by atoms with Crippen molar-refractivity contribution in [1.82, 2.24) is 0 Å². The van der Waals surface area contributed by atoms with E-state index < -0.39 is 0 Å². The lowest BCUT2D eigenvalue weighted by Crippen LogP contribution is -2.40. The smallest absolute Gasteiger partial charge is 0.0266 e. The lowest BCUT2D eigenvalue weighted by atomic mass is 9.59. The Labute approximate surface area is 294 Å².